The number of halogens is 3. The fourth-order valence-corrected chi connectivity index (χ4v) is 2.29. The van der Waals surface area contributed by atoms with Crippen LogP contribution in [0.2, 0.25) is 0 Å². The maximum Gasteiger partial charge on any atom is 0.433 e. The molecule has 152 valence electrons. The second-order valence-corrected chi connectivity index (χ2v) is 5.93. The Morgan fingerprint density at radius 3 is 2.57 bits per heavy atom. The molecular formula is C16H19F3N6O3. The molecule has 0 aliphatic rings. The number of nitrogens with zero attached hydrogens (tertiary/aromatic N) is 5. The van der Waals surface area contributed by atoms with Crippen LogP contribution in [0, 0.1) is 10.1 Å². The number of aromatic nitrogens is 3. The van der Waals surface area contributed by atoms with Crippen molar-refractivity contribution in [3.05, 3.63) is 39.7 Å². The van der Waals surface area contributed by atoms with Crippen molar-refractivity contribution in [3.8, 4) is 6.01 Å². The Bertz CT molecular complexity index is 830. The molecule has 0 aromatic carbocycles. The Morgan fingerprint density at radius 1 is 1.32 bits per heavy atom. The average molecular weight is 400 g/mol. The normalized spacial score (nSPS) is 11.3. The Kier molecular flexibility index (Phi) is 6.54. The summed E-state index contributed by atoms with van der Waals surface area (Å²) >= 11 is 0. The van der Waals surface area contributed by atoms with Crippen LogP contribution >= 0.6 is 0 Å². The number of anilines is 2. The first-order valence-electron chi connectivity index (χ1n) is 8.31. The quantitative estimate of drug-likeness (QED) is 0.407. The number of nitro groups is 1. The third kappa shape index (κ3) is 5.18. The van der Waals surface area contributed by atoms with E-state index in [1.54, 1.807) is 0 Å². The predicted molar refractivity (Wildman–Crippen MR) is 94.8 cm³/mol. The van der Waals surface area contributed by atoms with Crippen molar-refractivity contribution >= 4 is 17.3 Å². The number of pyridine rings is 1. The molecule has 2 aromatic rings. The van der Waals surface area contributed by atoms with Crippen molar-refractivity contribution in [1.82, 2.24) is 15.0 Å². The summed E-state index contributed by atoms with van der Waals surface area (Å²) in [5.41, 5.74) is 4.55. The summed E-state index contributed by atoms with van der Waals surface area (Å²) in [7, 11) is 1.49. The minimum atomic E-state index is -4.55. The molecule has 0 radical (unpaired) electrons. The van der Waals surface area contributed by atoms with Gasteiger partial charge in [0.25, 0.3) is 0 Å². The highest BCUT2D eigenvalue weighted by atomic mass is 19.4. The minimum absolute atomic E-state index is 0.0107. The Hall–Kier alpha value is -3.18. The zero-order valence-electron chi connectivity index (χ0n) is 15.2. The average Bonchev–Trinajstić information content (AvgIpc) is 2.60. The summed E-state index contributed by atoms with van der Waals surface area (Å²) in [6.07, 6.45) is -1.89. The van der Waals surface area contributed by atoms with Gasteiger partial charge < -0.3 is 15.4 Å². The monoisotopic (exact) mass is 400 g/mol. The van der Waals surface area contributed by atoms with Crippen LogP contribution in [0.3, 0.4) is 0 Å². The van der Waals surface area contributed by atoms with Crippen molar-refractivity contribution in [3.63, 3.8) is 0 Å². The highest BCUT2D eigenvalue weighted by Gasteiger charge is 2.32. The number of hydrogen-bond donors (Lipinski definition) is 1. The van der Waals surface area contributed by atoms with E-state index in [0.29, 0.717) is 12.2 Å². The number of hydrogen-bond acceptors (Lipinski definition) is 8. The van der Waals surface area contributed by atoms with Crippen LogP contribution in [0.4, 0.5) is 30.5 Å². The highest BCUT2D eigenvalue weighted by Crippen LogP contribution is 2.33. The molecule has 12 heteroatoms. The van der Waals surface area contributed by atoms with Gasteiger partial charge in [0, 0.05) is 19.8 Å². The number of rotatable bonds is 8. The smallest absolute Gasteiger partial charge is 0.433 e. The lowest BCUT2D eigenvalue weighted by atomic mass is 10.2. The number of nitrogen functional groups attached to an aromatic ring is 1. The van der Waals surface area contributed by atoms with Gasteiger partial charge in [0.05, 0.1) is 11.5 Å². The number of alkyl halides is 3. The molecule has 2 N–H and O–H groups in total. The molecule has 0 atom stereocenters. The van der Waals surface area contributed by atoms with Crippen molar-refractivity contribution in [2.24, 2.45) is 0 Å². The summed E-state index contributed by atoms with van der Waals surface area (Å²) in [5, 5.41) is 11.4. The molecule has 28 heavy (non-hydrogen) atoms. The Labute approximate surface area is 158 Å². The number of ether oxygens (including phenoxy) is 1. The van der Waals surface area contributed by atoms with E-state index >= 15 is 0 Å². The molecule has 2 aromatic heterocycles. The molecule has 9 nitrogen and oxygen atoms in total. The van der Waals surface area contributed by atoms with Crippen molar-refractivity contribution < 1.29 is 22.8 Å². The molecule has 2 rings (SSSR count). The van der Waals surface area contributed by atoms with E-state index in [4.69, 9.17) is 10.5 Å². The summed E-state index contributed by atoms with van der Waals surface area (Å²) in [6, 6.07) is 1.97. The van der Waals surface area contributed by atoms with E-state index in [9.17, 15) is 23.3 Å². The van der Waals surface area contributed by atoms with Gasteiger partial charge in [0.15, 0.2) is 0 Å². The minimum Gasteiger partial charge on any atom is -0.463 e. The second kappa shape index (κ2) is 8.67. The van der Waals surface area contributed by atoms with E-state index in [-0.39, 0.29) is 24.2 Å². The standard InChI is InChI=1S/C16H19F3N6O3/c1-3-4-7-28-15-22-13(20)12(25(26)27)14(23-15)24(2)9-10-5-6-11(21-8-10)16(17,18)19/h5-6,8H,3-4,7,9H2,1-2H3,(H2,20,22,23). The lowest BCUT2D eigenvalue weighted by molar-refractivity contribution is -0.383. The van der Waals surface area contributed by atoms with E-state index in [2.05, 4.69) is 15.0 Å². The van der Waals surface area contributed by atoms with E-state index in [1.165, 1.54) is 18.0 Å². The topological polar surface area (TPSA) is 120 Å². The third-order valence-electron chi connectivity index (χ3n) is 3.68. The predicted octanol–water partition coefficient (Wildman–Crippen LogP) is 3.20. The molecule has 0 saturated heterocycles. The van der Waals surface area contributed by atoms with Crippen LogP contribution in [-0.2, 0) is 12.7 Å². The lowest BCUT2D eigenvalue weighted by Gasteiger charge is -2.19. The molecule has 0 fully saturated rings. The van der Waals surface area contributed by atoms with Crippen LogP contribution in [0.25, 0.3) is 0 Å². The summed E-state index contributed by atoms with van der Waals surface area (Å²) in [4.78, 5) is 23.2. The summed E-state index contributed by atoms with van der Waals surface area (Å²) < 4.78 is 43.2. The van der Waals surface area contributed by atoms with E-state index < -0.39 is 22.5 Å². The maximum absolute atomic E-state index is 12.6. The summed E-state index contributed by atoms with van der Waals surface area (Å²) in [6.45, 7) is 2.29. The molecule has 0 bridgehead atoms. The van der Waals surface area contributed by atoms with Crippen molar-refractivity contribution in [1.29, 1.82) is 0 Å². The number of nitrogens with two attached hydrogens (primary N) is 1. The fraction of sp³-hybridized carbons (Fsp3) is 0.438. The Balaban J connectivity index is 2.29. The molecule has 0 aliphatic carbocycles. The van der Waals surface area contributed by atoms with Crippen LogP contribution < -0.4 is 15.4 Å². The molecule has 0 saturated carbocycles. The first-order chi connectivity index (χ1) is 13.1. The Morgan fingerprint density at radius 2 is 2.04 bits per heavy atom. The molecule has 0 amide bonds. The third-order valence-corrected chi connectivity index (χ3v) is 3.68. The molecule has 2 heterocycles. The zero-order chi connectivity index (χ0) is 20.9. The van der Waals surface area contributed by atoms with Gasteiger partial charge in [-0.1, -0.05) is 19.4 Å². The van der Waals surface area contributed by atoms with Gasteiger partial charge in [0.2, 0.25) is 11.6 Å². The first kappa shape index (κ1) is 21.1. The van der Waals surface area contributed by atoms with Crippen LogP contribution in [0.1, 0.15) is 31.0 Å². The van der Waals surface area contributed by atoms with Crippen LogP contribution in [0.5, 0.6) is 6.01 Å². The first-order valence-corrected chi connectivity index (χ1v) is 8.31. The molecule has 0 spiro atoms. The van der Waals surface area contributed by atoms with Gasteiger partial charge in [-0.2, -0.15) is 23.1 Å². The van der Waals surface area contributed by atoms with Gasteiger partial charge in [-0.15, -0.1) is 0 Å². The van der Waals surface area contributed by atoms with Crippen LogP contribution in [-0.4, -0.2) is 33.5 Å². The van der Waals surface area contributed by atoms with Gasteiger partial charge in [-0.25, -0.2) is 0 Å². The molecule has 0 unspecified atom stereocenters. The summed E-state index contributed by atoms with van der Waals surface area (Å²) in [5.74, 6) is -0.470. The molecule has 0 aliphatic heterocycles. The molecular weight excluding hydrogens is 381 g/mol. The van der Waals surface area contributed by atoms with Gasteiger partial charge in [-0.3, -0.25) is 15.1 Å². The van der Waals surface area contributed by atoms with E-state index in [1.807, 2.05) is 6.92 Å². The van der Waals surface area contributed by atoms with Gasteiger partial charge in [0.1, 0.15) is 5.69 Å². The lowest BCUT2D eigenvalue weighted by Crippen LogP contribution is -2.21. The number of unbranched alkanes of at least 4 members (excludes halogenated alkanes) is 1. The largest absolute Gasteiger partial charge is 0.463 e. The van der Waals surface area contributed by atoms with E-state index in [0.717, 1.165) is 25.1 Å². The van der Waals surface area contributed by atoms with Crippen molar-refractivity contribution in [2.75, 3.05) is 24.3 Å². The zero-order valence-corrected chi connectivity index (χ0v) is 15.2. The second-order valence-electron chi connectivity index (χ2n) is 5.93. The van der Waals surface area contributed by atoms with Crippen LogP contribution in [0.15, 0.2) is 18.3 Å². The van der Waals surface area contributed by atoms with Crippen molar-refractivity contribution in [2.45, 2.75) is 32.5 Å². The highest BCUT2D eigenvalue weighted by molar-refractivity contribution is 5.69. The van der Waals surface area contributed by atoms with Gasteiger partial charge >= 0.3 is 17.9 Å². The SMILES string of the molecule is CCCCOc1nc(N)c([N+](=O)[O-])c(N(C)Cc2ccc(C(F)(F)F)nc2)n1. The maximum atomic E-state index is 12.6. The fourth-order valence-electron chi connectivity index (χ4n) is 2.29. The van der Waals surface area contributed by atoms with Gasteiger partial charge in [-0.05, 0) is 18.1 Å².